The lowest BCUT2D eigenvalue weighted by molar-refractivity contribution is 0.799. The molecule has 0 aliphatic heterocycles. The molecule has 82 valence electrons. The van der Waals surface area contributed by atoms with Gasteiger partial charge in [0, 0.05) is 30.4 Å². The summed E-state index contributed by atoms with van der Waals surface area (Å²) < 4.78 is 2.14. The molecule has 1 saturated carbocycles. The lowest BCUT2D eigenvalue weighted by Crippen LogP contribution is -1.93. The zero-order valence-corrected chi connectivity index (χ0v) is 9.35. The van der Waals surface area contributed by atoms with Crippen molar-refractivity contribution in [2.75, 3.05) is 5.73 Å². The molecular formula is C13H15N3. The van der Waals surface area contributed by atoms with E-state index in [-0.39, 0.29) is 0 Å². The molecule has 1 heterocycles. The highest BCUT2D eigenvalue weighted by Gasteiger charge is 2.28. The van der Waals surface area contributed by atoms with Crippen LogP contribution in [0.2, 0.25) is 0 Å². The summed E-state index contributed by atoms with van der Waals surface area (Å²) in [5.41, 5.74) is 8.69. The van der Waals surface area contributed by atoms with Gasteiger partial charge in [-0.2, -0.15) is 0 Å². The molecule has 3 rings (SSSR count). The van der Waals surface area contributed by atoms with Crippen LogP contribution in [-0.2, 0) is 7.05 Å². The second kappa shape index (κ2) is 3.37. The number of hydrogen-bond donors (Lipinski definition) is 1. The molecule has 2 aromatic rings. The Morgan fingerprint density at radius 2 is 2.19 bits per heavy atom. The number of aromatic nitrogens is 2. The lowest BCUT2D eigenvalue weighted by atomic mass is 10.1. The number of benzene rings is 1. The summed E-state index contributed by atoms with van der Waals surface area (Å²) in [7, 11) is 2.07. The van der Waals surface area contributed by atoms with Crippen molar-refractivity contribution >= 4 is 5.69 Å². The molecule has 0 unspecified atom stereocenters. The van der Waals surface area contributed by atoms with E-state index in [4.69, 9.17) is 10.7 Å². The first kappa shape index (κ1) is 9.46. The zero-order valence-electron chi connectivity index (χ0n) is 9.35. The van der Waals surface area contributed by atoms with Gasteiger partial charge in [0.2, 0.25) is 0 Å². The molecule has 0 radical (unpaired) electrons. The molecule has 0 bridgehead atoms. The van der Waals surface area contributed by atoms with E-state index in [1.807, 2.05) is 18.2 Å². The van der Waals surface area contributed by atoms with Crippen LogP contribution < -0.4 is 5.73 Å². The average Bonchev–Trinajstić information content (AvgIpc) is 3.02. The smallest absolute Gasteiger partial charge is 0.112 e. The van der Waals surface area contributed by atoms with Gasteiger partial charge in [-0.1, -0.05) is 12.1 Å². The van der Waals surface area contributed by atoms with Gasteiger partial charge < -0.3 is 10.3 Å². The topological polar surface area (TPSA) is 43.8 Å². The SMILES string of the molecule is Cn1cc(-c2cccc(N)c2)nc1C1CC1. The quantitative estimate of drug-likeness (QED) is 0.779. The number of anilines is 1. The number of aryl methyl sites for hydroxylation is 1. The molecule has 1 aliphatic carbocycles. The minimum absolute atomic E-state index is 0.680. The molecule has 0 spiro atoms. The van der Waals surface area contributed by atoms with Crippen LogP contribution in [0, 0.1) is 0 Å². The standard InChI is InChI=1S/C13H15N3/c1-16-8-12(15-13(16)9-5-6-9)10-3-2-4-11(14)7-10/h2-4,7-9H,5-6,14H2,1H3. The number of imidazole rings is 1. The Morgan fingerprint density at radius 3 is 2.88 bits per heavy atom. The molecular weight excluding hydrogens is 198 g/mol. The fourth-order valence-corrected chi connectivity index (χ4v) is 2.04. The van der Waals surface area contributed by atoms with Gasteiger partial charge in [-0.05, 0) is 25.0 Å². The summed E-state index contributed by atoms with van der Waals surface area (Å²) in [5, 5.41) is 0. The highest BCUT2D eigenvalue weighted by Crippen LogP contribution is 2.39. The third kappa shape index (κ3) is 1.58. The minimum Gasteiger partial charge on any atom is -0.399 e. The van der Waals surface area contributed by atoms with Gasteiger partial charge in [0.15, 0.2) is 0 Å². The van der Waals surface area contributed by atoms with Crippen molar-refractivity contribution in [2.45, 2.75) is 18.8 Å². The maximum absolute atomic E-state index is 5.78. The van der Waals surface area contributed by atoms with Gasteiger partial charge in [0.05, 0.1) is 5.69 Å². The summed E-state index contributed by atoms with van der Waals surface area (Å²) >= 11 is 0. The number of hydrogen-bond acceptors (Lipinski definition) is 2. The van der Waals surface area contributed by atoms with Crippen molar-refractivity contribution in [1.29, 1.82) is 0 Å². The Balaban J connectivity index is 2.03. The van der Waals surface area contributed by atoms with Gasteiger partial charge >= 0.3 is 0 Å². The van der Waals surface area contributed by atoms with E-state index in [9.17, 15) is 0 Å². The molecule has 1 fully saturated rings. The van der Waals surface area contributed by atoms with E-state index in [1.165, 1.54) is 18.7 Å². The number of rotatable bonds is 2. The molecule has 0 atom stereocenters. The molecule has 0 saturated heterocycles. The van der Waals surface area contributed by atoms with E-state index in [1.54, 1.807) is 0 Å². The Hall–Kier alpha value is -1.77. The van der Waals surface area contributed by atoms with Crippen molar-refractivity contribution in [3.8, 4) is 11.3 Å². The van der Waals surface area contributed by atoms with E-state index in [0.717, 1.165) is 16.9 Å². The highest BCUT2D eigenvalue weighted by molar-refractivity contribution is 5.63. The summed E-state index contributed by atoms with van der Waals surface area (Å²) in [4.78, 5) is 4.69. The normalized spacial score (nSPS) is 15.3. The van der Waals surface area contributed by atoms with E-state index in [2.05, 4.69) is 23.9 Å². The van der Waals surface area contributed by atoms with Crippen molar-refractivity contribution < 1.29 is 0 Å². The van der Waals surface area contributed by atoms with Crippen LogP contribution in [0.15, 0.2) is 30.5 Å². The third-order valence-electron chi connectivity index (χ3n) is 3.04. The predicted octanol–water partition coefficient (Wildman–Crippen LogP) is 2.55. The van der Waals surface area contributed by atoms with Crippen LogP contribution in [0.4, 0.5) is 5.69 Å². The lowest BCUT2D eigenvalue weighted by Gasteiger charge is -1.97. The zero-order chi connectivity index (χ0) is 11.1. The maximum atomic E-state index is 5.78. The summed E-state index contributed by atoms with van der Waals surface area (Å²) in [6.07, 6.45) is 4.64. The number of nitrogen functional groups attached to an aromatic ring is 1. The minimum atomic E-state index is 0.680. The first-order chi connectivity index (χ1) is 7.74. The van der Waals surface area contributed by atoms with Crippen LogP contribution in [0.5, 0.6) is 0 Å². The second-order valence-electron chi connectivity index (χ2n) is 4.49. The van der Waals surface area contributed by atoms with Crippen molar-refractivity contribution in [2.24, 2.45) is 7.05 Å². The fraction of sp³-hybridized carbons (Fsp3) is 0.308. The van der Waals surface area contributed by atoms with Crippen molar-refractivity contribution in [3.63, 3.8) is 0 Å². The third-order valence-corrected chi connectivity index (χ3v) is 3.04. The van der Waals surface area contributed by atoms with Crippen LogP contribution in [0.3, 0.4) is 0 Å². The van der Waals surface area contributed by atoms with Crippen LogP contribution in [0.25, 0.3) is 11.3 Å². The maximum Gasteiger partial charge on any atom is 0.112 e. The summed E-state index contributed by atoms with van der Waals surface area (Å²) in [6, 6.07) is 7.89. The van der Waals surface area contributed by atoms with Crippen molar-refractivity contribution in [3.05, 3.63) is 36.3 Å². The van der Waals surface area contributed by atoms with Crippen LogP contribution in [-0.4, -0.2) is 9.55 Å². The molecule has 16 heavy (non-hydrogen) atoms. The first-order valence-corrected chi connectivity index (χ1v) is 5.63. The molecule has 0 amide bonds. The summed E-state index contributed by atoms with van der Waals surface area (Å²) in [6.45, 7) is 0. The molecule has 2 N–H and O–H groups in total. The Morgan fingerprint density at radius 1 is 1.38 bits per heavy atom. The molecule has 3 nitrogen and oxygen atoms in total. The highest BCUT2D eigenvalue weighted by atomic mass is 15.1. The van der Waals surface area contributed by atoms with Gasteiger partial charge in [-0.25, -0.2) is 4.98 Å². The van der Waals surface area contributed by atoms with Gasteiger partial charge in [-0.3, -0.25) is 0 Å². The number of nitrogens with zero attached hydrogens (tertiary/aromatic N) is 2. The number of nitrogens with two attached hydrogens (primary N) is 1. The predicted molar refractivity (Wildman–Crippen MR) is 65.0 cm³/mol. The van der Waals surface area contributed by atoms with Crippen molar-refractivity contribution in [1.82, 2.24) is 9.55 Å². The average molecular weight is 213 g/mol. The van der Waals surface area contributed by atoms with E-state index < -0.39 is 0 Å². The molecule has 1 aromatic heterocycles. The molecule has 1 aromatic carbocycles. The Kier molecular flexibility index (Phi) is 1.99. The fourth-order valence-electron chi connectivity index (χ4n) is 2.04. The molecule has 1 aliphatic rings. The van der Waals surface area contributed by atoms with Gasteiger partial charge in [0.1, 0.15) is 5.82 Å². The second-order valence-corrected chi connectivity index (χ2v) is 4.49. The van der Waals surface area contributed by atoms with Crippen LogP contribution >= 0.6 is 0 Å². The van der Waals surface area contributed by atoms with Crippen LogP contribution in [0.1, 0.15) is 24.6 Å². The monoisotopic (exact) mass is 213 g/mol. The van der Waals surface area contributed by atoms with Gasteiger partial charge in [-0.15, -0.1) is 0 Å². The van der Waals surface area contributed by atoms with E-state index in [0.29, 0.717) is 5.92 Å². The summed E-state index contributed by atoms with van der Waals surface area (Å²) in [5.74, 6) is 1.89. The Labute approximate surface area is 94.9 Å². The largest absolute Gasteiger partial charge is 0.399 e. The molecule has 3 heteroatoms. The van der Waals surface area contributed by atoms with Gasteiger partial charge in [0.25, 0.3) is 0 Å². The first-order valence-electron chi connectivity index (χ1n) is 5.63. The van der Waals surface area contributed by atoms with E-state index >= 15 is 0 Å². The Bertz CT molecular complexity index is 524.